The molecule has 4 aromatic rings. The molecule has 5 heteroatoms. The highest BCUT2D eigenvalue weighted by atomic mass is 16.5. The lowest BCUT2D eigenvalue weighted by molar-refractivity contribution is 0.222. The van der Waals surface area contributed by atoms with Crippen LogP contribution in [0.3, 0.4) is 0 Å². The molecule has 2 heterocycles. The molecule has 0 radical (unpaired) electrons. The summed E-state index contributed by atoms with van der Waals surface area (Å²) in [7, 11) is 4.14. The number of hydrogen-bond acceptors (Lipinski definition) is 3. The molecule has 5 nitrogen and oxygen atoms in total. The number of pyridine rings is 1. The van der Waals surface area contributed by atoms with Gasteiger partial charge < -0.3 is 19.6 Å². The summed E-state index contributed by atoms with van der Waals surface area (Å²) in [6.45, 7) is 5.85. The lowest BCUT2D eigenvalue weighted by Crippen LogP contribution is -2.24. The number of benzene rings is 2. The summed E-state index contributed by atoms with van der Waals surface area (Å²) in [5.74, 6) is 1.31. The molecule has 0 saturated carbocycles. The van der Waals surface area contributed by atoms with Gasteiger partial charge in [-0.1, -0.05) is 13.0 Å². The maximum absolute atomic E-state index is 12.5. The lowest BCUT2D eigenvalue weighted by Gasteiger charge is -2.17. The van der Waals surface area contributed by atoms with Gasteiger partial charge in [0.15, 0.2) is 0 Å². The highest BCUT2D eigenvalue weighted by Crippen LogP contribution is 2.33. The van der Waals surface area contributed by atoms with Gasteiger partial charge >= 0.3 is 0 Å². The Kier molecular flexibility index (Phi) is 4.40. The van der Waals surface area contributed by atoms with Crippen molar-refractivity contribution in [3.8, 4) is 5.75 Å². The van der Waals surface area contributed by atoms with Crippen LogP contribution in [0.15, 0.2) is 41.3 Å². The van der Waals surface area contributed by atoms with Gasteiger partial charge in [0.05, 0.1) is 17.5 Å². The third-order valence-corrected chi connectivity index (χ3v) is 5.00. The summed E-state index contributed by atoms with van der Waals surface area (Å²) in [6, 6.07) is 10.2. The average molecular weight is 363 g/mol. The van der Waals surface area contributed by atoms with Gasteiger partial charge in [-0.05, 0) is 61.6 Å². The number of hydrogen-bond donors (Lipinski definition) is 2. The van der Waals surface area contributed by atoms with Crippen molar-refractivity contribution in [2.75, 3.05) is 27.2 Å². The molecule has 0 fully saturated rings. The molecule has 1 unspecified atom stereocenters. The van der Waals surface area contributed by atoms with Gasteiger partial charge in [0.1, 0.15) is 5.75 Å². The lowest BCUT2D eigenvalue weighted by atomic mass is 10.0. The third kappa shape index (κ3) is 3.19. The maximum atomic E-state index is 12.5. The molecular weight excluding hydrogens is 338 g/mol. The quantitative estimate of drug-likeness (QED) is 0.562. The Morgan fingerprint density at radius 2 is 1.96 bits per heavy atom. The van der Waals surface area contributed by atoms with E-state index in [-0.39, 0.29) is 5.56 Å². The van der Waals surface area contributed by atoms with E-state index in [1.807, 2.05) is 19.1 Å². The first-order chi connectivity index (χ1) is 12.9. The number of nitrogens with one attached hydrogen (secondary N) is 2. The van der Waals surface area contributed by atoms with E-state index in [0.717, 1.165) is 50.4 Å². The van der Waals surface area contributed by atoms with Crippen LogP contribution in [0.1, 0.15) is 12.5 Å². The number of nitrogens with zero attached hydrogens (tertiary/aromatic N) is 1. The smallest absolute Gasteiger partial charge is 0.258 e. The Balaban J connectivity index is 1.77. The number of aryl methyl sites for hydroxylation is 1. The predicted octanol–water partition coefficient (Wildman–Crippen LogP) is 4.05. The molecule has 0 saturated heterocycles. The first-order valence-electron chi connectivity index (χ1n) is 9.28. The number of rotatable bonds is 5. The van der Waals surface area contributed by atoms with Crippen molar-refractivity contribution in [1.29, 1.82) is 0 Å². The SMILES string of the molecule is Cc1c[nH]c(=O)c2c1[nH]c1ccc3cc(OCC(C)CN(C)C)ccc3c12. The Hall–Kier alpha value is -2.79. The molecular formula is C22H25N3O2. The number of aromatic amines is 2. The van der Waals surface area contributed by atoms with E-state index < -0.39 is 0 Å². The summed E-state index contributed by atoms with van der Waals surface area (Å²) in [6.07, 6.45) is 1.75. The molecule has 0 amide bonds. The largest absolute Gasteiger partial charge is 0.493 e. The molecule has 27 heavy (non-hydrogen) atoms. The fourth-order valence-electron chi connectivity index (χ4n) is 3.85. The second-order valence-corrected chi connectivity index (χ2v) is 7.73. The van der Waals surface area contributed by atoms with Crippen LogP contribution < -0.4 is 10.3 Å². The van der Waals surface area contributed by atoms with Crippen LogP contribution in [-0.2, 0) is 0 Å². The van der Waals surface area contributed by atoms with E-state index in [9.17, 15) is 4.79 Å². The van der Waals surface area contributed by atoms with E-state index in [0.29, 0.717) is 12.5 Å². The van der Waals surface area contributed by atoms with Crippen LogP contribution in [0.25, 0.3) is 32.6 Å². The molecule has 0 bridgehead atoms. The molecule has 0 aliphatic heterocycles. The van der Waals surface area contributed by atoms with E-state index in [1.54, 1.807) is 6.20 Å². The van der Waals surface area contributed by atoms with Gasteiger partial charge in [-0.15, -0.1) is 0 Å². The zero-order chi connectivity index (χ0) is 19.1. The number of aromatic nitrogens is 2. The Morgan fingerprint density at radius 3 is 2.74 bits per heavy atom. The van der Waals surface area contributed by atoms with Gasteiger partial charge in [-0.25, -0.2) is 0 Å². The Morgan fingerprint density at radius 1 is 1.15 bits per heavy atom. The van der Waals surface area contributed by atoms with Crippen LogP contribution in [0.5, 0.6) is 5.75 Å². The van der Waals surface area contributed by atoms with Crippen LogP contribution >= 0.6 is 0 Å². The average Bonchev–Trinajstić information content (AvgIpc) is 3.03. The fourth-order valence-corrected chi connectivity index (χ4v) is 3.85. The molecule has 0 aliphatic carbocycles. The zero-order valence-electron chi connectivity index (χ0n) is 16.2. The van der Waals surface area contributed by atoms with Crippen molar-refractivity contribution in [1.82, 2.24) is 14.9 Å². The monoisotopic (exact) mass is 363 g/mol. The standard InChI is InChI=1S/C22H25N3O2/c1-13(11-25(3)4)12-27-16-6-7-17-15(9-16)5-8-18-19(17)20-21(24-18)14(2)10-23-22(20)26/h5-10,13,24H,11-12H2,1-4H3,(H,23,26). The summed E-state index contributed by atoms with van der Waals surface area (Å²) in [5.41, 5.74) is 2.85. The Labute approximate surface area is 157 Å². The predicted molar refractivity (Wildman–Crippen MR) is 112 cm³/mol. The van der Waals surface area contributed by atoms with Crippen LogP contribution in [0, 0.1) is 12.8 Å². The Bertz CT molecular complexity index is 1190. The van der Waals surface area contributed by atoms with Crippen molar-refractivity contribution in [2.24, 2.45) is 5.92 Å². The number of ether oxygens (including phenoxy) is 1. The minimum atomic E-state index is -0.0628. The molecule has 0 aliphatic rings. The van der Waals surface area contributed by atoms with Crippen LogP contribution in [0.4, 0.5) is 0 Å². The highest BCUT2D eigenvalue weighted by molar-refractivity contribution is 6.20. The van der Waals surface area contributed by atoms with Crippen molar-refractivity contribution in [3.05, 3.63) is 52.4 Å². The minimum absolute atomic E-state index is 0.0628. The molecule has 140 valence electrons. The van der Waals surface area contributed by atoms with E-state index in [1.165, 1.54) is 0 Å². The molecule has 2 N–H and O–H groups in total. The summed E-state index contributed by atoms with van der Waals surface area (Å²) < 4.78 is 6.00. The van der Waals surface area contributed by atoms with Gasteiger partial charge in [0.2, 0.25) is 0 Å². The van der Waals surface area contributed by atoms with E-state index >= 15 is 0 Å². The van der Waals surface area contributed by atoms with Gasteiger partial charge in [-0.3, -0.25) is 4.79 Å². The van der Waals surface area contributed by atoms with Crippen molar-refractivity contribution >= 4 is 32.6 Å². The maximum Gasteiger partial charge on any atom is 0.258 e. The second-order valence-electron chi connectivity index (χ2n) is 7.73. The first-order valence-corrected chi connectivity index (χ1v) is 9.28. The molecule has 1 atom stereocenters. The van der Waals surface area contributed by atoms with Crippen LogP contribution in [0.2, 0.25) is 0 Å². The number of fused-ring (bicyclic) bond motifs is 5. The van der Waals surface area contributed by atoms with Gasteiger partial charge in [0, 0.05) is 29.6 Å². The van der Waals surface area contributed by atoms with Crippen molar-refractivity contribution in [2.45, 2.75) is 13.8 Å². The highest BCUT2D eigenvalue weighted by Gasteiger charge is 2.13. The summed E-state index contributed by atoms with van der Waals surface area (Å²) in [4.78, 5) is 20.9. The van der Waals surface area contributed by atoms with Crippen LogP contribution in [-0.4, -0.2) is 42.1 Å². The first kappa shape index (κ1) is 17.6. The number of H-pyrrole nitrogens is 2. The third-order valence-electron chi connectivity index (χ3n) is 5.00. The molecule has 4 rings (SSSR count). The second kappa shape index (κ2) is 6.74. The molecule has 2 aromatic heterocycles. The van der Waals surface area contributed by atoms with Gasteiger partial charge in [-0.2, -0.15) is 0 Å². The molecule has 2 aromatic carbocycles. The summed E-state index contributed by atoms with van der Waals surface area (Å²) >= 11 is 0. The molecule has 0 spiro atoms. The van der Waals surface area contributed by atoms with E-state index in [4.69, 9.17) is 4.74 Å². The van der Waals surface area contributed by atoms with Crippen molar-refractivity contribution in [3.63, 3.8) is 0 Å². The fraction of sp³-hybridized carbons (Fsp3) is 0.318. The van der Waals surface area contributed by atoms with E-state index in [2.05, 4.69) is 54.1 Å². The van der Waals surface area contributed by atoms with Crippen molar-refractivity contribution < 1.29 is 4.74 Å². The normalized spacial score (nSPS) is 13.1. The van der Waals surface area contributed by atoms with Gasteiger partial charge in [0.25, 0.3) is 5.56 Å². The summed E-state index contributed by atoms with van der Waals surface area (Å²) in [5, 5.41) is 3.83. The zero-order valence-corrected chi connectivity index (χ0v) is 16.2. The minimum Gasteiger partial charge on any atom is -0.493 e. The topological polar surface area (TPSA) is 61.1 Å².